The topological polar surface area (TPSA) is 78.1 Å². The smallest absolute Gasteiger partial charge is 0.0918 e. The van der Waals surface area contributed by atoms with Crippen LogP contribution in [0, 0.1) is 0 Å². The van der Waals surface area contributed by atoms with E-state index in [4.69, 9.17) is 10.4 Å². The first-order chi connectivity index (χ1) is 5.86. The molecular formula is C7H7N3O2. The highest BCUT2D eigenvalue weighted by Crippen LogP contribution is 1.96. The van der Waals surface area contributed by atoms with Gasteiger partial charge in [-0.25, -0.2) is 0 Å². The summed E-state index contributed by atoms with van der Waals surface area (Å²) in [5, 5.41) is 22.1. The summed E-state index contributed by atoms with van der Waals surface area (Å²) in [7, 11) is 0. The minimum absolute atomic E-state index is 0.495. The minimum Gasteiger partial charge on any atom is -0.411 e. The maximum Gasteiger partial charge on any atom is 0.0918 e. The fourth-order valence-corrected chi connectivity index (χ4v) is 0.742. The van der Waals surface area contributed by atoms with Crippen LogP contribution in [0.3, 0.4) is 0 Å². The van der Waals surface area contributed by atoms with Crippen molar-refractivity contribution in [1.82, 2.24) is 4.98 Å². The van der Waals surface area contributed by atoms with Gasteiger partial charge in [-0.05, 0) is 17.7 Å². The van der Waals surface area contributed by atoms with Crippen molar-refractivity contribution in [2.45, 2.75) is 0 Å². The predicted octanol–water partition coefficient (Wildman–Crippen LogP) is 0.698. The Morgan fingerprint density at radius 2 is 2.00 bits per heavy atom. The molecule has 0 fully saturated rings. The Balaban J connectivity index is 2.95. The van der Waals surface area contributed by atoms with Crippen molar-refractivity contribution in [1.29, 1.82) is 0 Å². The first-order valence-electron chi connectivity index (χ1n) is 3.17. The molecule has 0 atom stereocenters. The highest BCUT2D eigenvalue weighted by Gasteiger charge is 1.91. The predicted molar refractivity (Wildman–Crippen MR) is 43.0 cm³/mol. The van der Waals surface area contributed by atoms with Gasteiger partial charge < -0.3 is 10.4 Å². The monoisotopic (exact) mass is 165 g/mol. The molecule has 1 rings (SSSR count). The summed E-state index contributed by atoms with van der Waals surface area (Å²) in [6.07, 6.45) is 3.97. The number of rotatable bonds is 2. The van der Waals surface area contributed by atoms with E-state index in [0.717, 1.165) is 0 Å². The number of aromatic nitrogens is 1. The molecule has 0 saturated carbocycles. The Morgan fingerprint density at radius 1 is 1.25 bits per heavy atom. The van der Waals surface area contributed by atoms with E-state index in [-0.39, 0.29) is 0 Å². The van der Waals surface area contributed by atoms with Crippen molar-refractivity contribution in [3.05, 3.63) is 29.6 Å². The van der Waals surface area contributed by atoms with E-state index in [9.17, 15) is 0 Å². The fraction of sp³-hybridized carbons (Fsp3) is 0. The van der Waals surface area contributed by atoms with Crippen LogP contribution in [0.2, 0.25) is 0 Å². The highest BCUT2D eigenvalue weighted by molar-refractivity contribution is 5.83. The summed E-state index contributed by atoms with van der Waals surface area (Å²) >= 11 is 0. The van der Waals surface area contributed by atoms with E-state index in [0.29, 0.717) is 11.3 Å². The second kappa shape index (κ2) is 4.07. The molecule has 0 aliphatic heterocycles. The lowest BCUT2D eigenvalue weighted by molar-refractivity contribution is 0.321. The van der Waals surface area contributed by atoms with Crippen LogP contribution in [0.5, 0.6) is 0 Å². The molecule has 0 radical (unpaired) electrons. The largest absolute Gasteiger partial charge is 0.411 e. The molecule has 2 N–H and O–H groups in total. The molecule has 0 aliphatic rings. The van der Waals surface area contributed by atoms with Crippen LogP contribution in [-0.2, 0) is 0 Å². The Kier molecular flexibility index (Phi) is 2.78. The van der Waals surface area contributed by atoms with E-state index in [1.54, 1.807) is 12.1 Å². The molecule has 12 heavy (non-hydrogen) atoms. The third-order valence-electron chi connectivity index (χ3n) is 1.20. The molecule has 5 nitrogen and oxygen atoms in total. The molecule has 0 amide bonds. The normalized spacial score (nSPS) is 11.3. The van der Waals surface area contributed by atoms with Crippen molar-refractivity contribution in [3.8, 4) is 0 Å². The summed E-state index contributed by atoms with van der Waals surface area (Å²) in [6.45, 7) is 0. The van der Waals surface area contributed by atoms with Crippen LogP contribution in [-0.4, -0.2) is 27.8 Å². The standard InChI is InChI=1S/C7H7N3O2/c11-9-4-6-1-2-8-7(3-6)5-10-12/h1-5,11-12H/b9-4+,10-5-. The average molecular weight is 165 g/mol. The number of oxime groups is 2. The molecule has 0 aliphatic carbocycles. The average Bonchev–Trinajstić information content (AvgIpc) is 2.06. The Hall–Kier alpha value is -1.91. The SMILES string of the molecule is O/N=C\c1cc(/C=N/O)ccn1. The molecule has 1 aromatic heterocycles. The van der Waals surface area contributed by atoms with Gasteiger partial charge in [0.1, 0.15) is 0 Å². The Morgan fingerprint density at radius 3 is 2.67 bits per heavy atom. The van der Waals surface area contributed by atoms with E-state index < -0.39 is 0 Å². The summed E-state index contributed by atoms with van der Waals surface area (Å²) in [5.74, 6) is 0. The minimum atomic E-state index is 0.495. The first kappa shape index (κ1) is 8.19. The zero-order valence-corrected chi connectivity index (χ0v) is 6.12. The van der Waals surface area contributed by atoms with Gasteiger partial charge in [-0.1, -0.05) is 10.3 Å². The summed E-state index contributed by atoms with van der Waals surface area (Å²) < 4.78 is 0. The quantitative estimate of drug-likeness (QED) is 0.384. The molecular weight excluding hydrogens is 158 g/mol. The highest BCUT2D eigenvalue weighted by atomic mass is 16.4. The van der Waals surface area contributed by atoms with Crippen LogP contribution in [0.1, 0.15) is 11.3 Å². The molecule has 62 valence electrons. The van der Waals surface area contributed by atoms with Crippen LogP contribution < -0.4 is 0 Å². The molecule has 0 bridgehead atoms. The summed E-state index contributed by atoms with van der Waals surface area (Å²) in [4.78, 5) is 3.86. The maximum absolute atomic E-state index is 8.21. The third kappa shape index (κ3) is 2.05. The van der Waals surface area contributed by atoms with Crippen LogP contribution in [0.25, 0.3) is 0 Å². The number of hydrogen-bond donors (Lipinski definition) is 2. The zero-order chi connectivity index (χ0) is 8.81. The van der Waals surface area contributed by atoms with Crippen molar-refractivity contribution in [2.75, 3.05) is 0 Å². The molecule has 5 heteroatoms. The Bertz CT molecular complexity index is 282. The molecule has 0 aromatic carbocycles. The number of hydrogen-bond acceptors (Lipinski definition) is 5. The van der Waals surface area contributed by atoms with Gasteiger partial charge in [0.25, 0.3) is 0 Å². The van der Waals surface area contributed by atoms with Crippen molar-refractivity contribution in [3.63, 3.8) is 0 Å². The van der Waals surface area contributed by atoms with Gasteiger partial charge in [-0.3, -0.25) is 4.98 Å². The van der Waals surface area contributed by atoms with Gasteiger partial charge in [0.15, 0.2) is 0 Å². The molecule has 0 spiro atoms. The second-order valence-corrected chi connectivity index (χ2v) is 2.00. The summed E-state index contributed by atoms with van der Waals surface area (Å²) in [5.41, 5.74) is 1.18. The van der Waals surface area contributed by atoms with E-state index in [1.807, 2.05) is 0 Å². The van der Waals surface area contributed by atoms with Gasteiger partial charge in [0, 0.05) is 6.20 Å². The summed E-state index contributed by atoms with van der Waals surface area (Å²) in [6, 6.07) is 3.27. The van der Waals surface area contributed by atoms with Crippen LogP contribution in [0.15, 0.2) is 28.6 Å². The molecule has 0 unspecified atom stereocenters. The lowest BCUT2D eigenvalue weighted by atomic mass is 10.2. The van der Waals surface area contributed by atoms with Gasteiger partial charge in [0.05, 0.1) is 18.1 Å². The van der Waals surface area contributed by atoms with Crippen molar-refractivity contribution >= 4 is 12.4 Å². The second-order valence-electron chi connectivity index (χ2n) is 2.00. The maximum atomic E-state index is 8.21. The van der Waals surface area contributed by atoms with Gasteiger partial charge in [-0.15, -0.1) is 0 Å². The number of pyridine rings is 1. The lowest BCUT2D eigenvalue weighted by Gasteiger charge is -1.92. The first-order valence-corrected chi connectivity index (χ1v) is 3.17. The van der Waals surface area contributed by atoms with Gasteiger partial charge in [0.2, 0.25) is 0 Å². The van der Waals surface area contributed by atoms with E-state index >= 15 is 0 Å². The van der Waals surface area contributed by atoms with E-state index in [1.165, 1.54) is 18.6 Å². The van der Waals surface area contributed by atoms with Crippen molar-refractivity contribution < 1.29 is 10.4 Å². The van der Waals surface area contributed by atoms with Crippen LogP contribution >= 0.6 is 0 Å². The lowest BCUT2D eigenvalue weighted by Crippen LogP contribution is -1.89. The number of nitrogens with zero attached hydrogens (tertiary/aromatic N) is 3. The van der Waals surface area contributed by atoms with Gasteiger partial charge in [-0.2, -0.15) is 0 Å². The Labute approximate surface area is 68.7 Å². The third-order valence-corrected chi connectivity index (χ3v) is 1.20. The molecule has 0 saturated heterocycles. The van der Waals surface area contributed by atoms with Gasteiger partial charge >= 0.3 is 0 Å². The van der Waals surface area contributed by atoms with Crippen molar-refractivity contribution in [2.24, 2.45) is 10.3 Å². The zero-order valence-electron chi connectivity index (χ0n) is 6.12. The fourth-order valence-electron chi connectivity index (χ4n) is 0.742. The molecule has 1 heterocycles. The molecule has 1 aromatic rings. The van der Waals surface area contributed by atoms with E-state index in [2.05, 4.69) is 15.3 Å². The van der Waals surface area contributed by atoms with Crippen LogP contribution in [0.4, 0.5) is 0 Å².